The first-order valence-electron chi connectivity index (χ1n) is 7.09. The van der Waals surface area contributed by atoms with E-state index in [4.69, 9.17) is 0 Å². The van der Waals surface area contributed by atoms with Gasteiger partial charge in [0.1, 0.15) is 0 Å². The predicted octanol–water partition coefficient (Wildman–Crippen LogP) is 0.116. The van der Waals surface area contributed by atoms with Crippen molar-refractivity contribution in [2.24, 2.45) is 5.92 Å². The van der Waals surface area contributed by atoms with Gasteiger partial charge in [-0.3, -0.25) is 9.78 Å². The Balaban J connectivity index is 1.69. The van der Waals surface area contributed by atoms with Crippen LogP contribution in [0.4, 0.5) is 0 Å². The second kappa shape index (κ2) is 5.38. The van der Waals surface area contributed by atoms with Crippen molar-refractivity contribution in [3.63, 3.8) is 0 Å². The van der Waals surface area contributed by atoms with E-state index in [1.165, 1.54) is 10.6 Å². The summed E-state index contributed by atoms with van der Waals surface area (Å²) in [7, 11) is -3.17. The summed E-state index contributed by atoms with van der Waals surface area (Å²) in [4.78, 5) is 18.4. The highest BCUT2D eigenvalue weighted by atomic mass is 32.2. The SMILES string of the molecule is CS(=O)(=O)N1CC2CCN(C(=O)Cc3ccccn3)C2C1. The lowest BCUT2D eigenvalue weighted by atomic mass is 10.1. The lowest BCUT2D eigenvalue weighted by Gasteiger charge is -2.24. The first kappa shape index (κ1) is 14.5. The molecule has 0 aliphatic carbocycles. The molecule has 1 aromatic heterocycles. The zero-order valence-electron chi connectivity index (χ0n) is 12.0. The Kier molecular flexibility index (Phi) is 3.71. The number of rotatable bonds is 3. The number of carbonyl (C=O) groups is 1. The molecule has 0 aromatic carbocycles. The molecule has 0 saturated carbocycles. The van der Waals surface area contributed by atoms with Crippen LogP contribution in [0.15, 0.2) is 24.4 Å². The fraction of sp³-hybridized carbons (Fsp3) is 0.571. The Morgan fingerprint density at radius 2 is 2.19 bits per heavy atom. The molecule has 0 bridgehead atoms. The summed E-state index contributed by atoms with van der Waals surface area (Å²) in [6, 6.07) is 5.54. The van der Waals surface area contributed by atoms with Crippen LogP contribution in [0.1, 0.15) is 12.1 Å². The molecule has 21 heavy (non-hydrogen) atoms. The highest BCUT2D eigenvalue weighted by Gasteiger charge is 2.45. The van der Waals surface area contributed by atoms with Crippen LogP contribution >= 0.6 is 0 Å². The van der Waals surface area contributed by atoms with Gasteiger partial charge in [0.25, 0.3) is 0 Å². The molecule has 2 saturated heterocycles. The summed E-state index contributed by atoms with van der Waals surface area (Å²) < 4.78 is 24.8. The molecular weight excluding hydrogens is 290 g/mol. The molecule has 0 radical (unpaired) electrons. The average Bonchev–Trinajstić information content (AvgIpc) is 2.98. The molecule has 0 N–H and O–H groups in total. The lowest BCUT2D eigenvalue weighted by molar-refractivity contribution is -0.131. The standard InChI is InChI=1S/C14H19N3O3S/c1-21(19,20)16-9-11-5-7-17(13(11)10-16)14(18)8-12-4-2-3-6-15-12/h2-4,6,11,13H,5,7-10H2,1H3. The Morgan fingerprint density at radius 1 is 1.38 bits per heavy atom. The number of sulfonamides is 1. The van der Waals surface area contributed by atoms with Crippen molar-refractivity contribution in [1.29, 1.82) is 0 Å². The topological polar surface area (TPSA) is 70.6 Å². The van der Waals surface area contributed by atoms with Crippen LogP contribution < -0.4 is 0 Å². The minimum absolute atomic E-state index is 0.0240. The lowest BCUT2D eigenvalue weighted by Crippen LogP contribution is -2.41. The van der Waals surface area contributed by atoms with E-state index in [2.05, 4.69) is 4.98 Å². The molecule has 7 heteroatoms. The minimum Gasteiger partial charge on any atom is -0.338 e. The van der Waals surface area contributed by atoms with Crippen LogP contribution in [0.5, 0.6) is 0 Å². The Labute approximate surface area is 124 Å². The van der Waals surface area contributed by atoms with Crippen LogP contribution in [0.3, 0.4) is 0 Å². The van der Waals surface area contributed by atoms with Gasteiger partial charge < -0.3 is 4.90 Å². The van der Waals surface area contributed by atoms with Gasteiger partial charge >= 0.3 is 0 Å². The molecule has 2 aliphatic rings. The van der Waals surface area contributed by atoms with E-state index >= 15 is 0 Å². The van der Waals surface area contributed by atoms with E-state index < -0.39 is 10.0 Å². The first-order chi connectivity index (χ1) is 9.95. The predicted molar refractivity (Wildman–Crippen MR) is 78.0 cm³/mol. The van der Waals surface area contributed by atoms with E-state index in [1.807, 2.05) is 23.1 Å². The van der Waals surface area contributed by atoms with Gasteiger partial charge in [0.05, 0.1) is 12.7 Å². The van der Waals surface area contributed by atoms with Crippen LogP contribution in [0.25, 0.3) is 0 Å². The highest BCUT2D eigenvalue weighted by Crippen LogP contribution is 2.32. The number of aromatic nitrogens is 1. The first-order valence-corrected chi connectivity index (χ1v) is 8.94. The number of fused-ring (bicyclic) bond motifs is 1. The molecule has 3 heterocycles. The zero-order valence-corrected chi connectivity index (χ0v) is 12.8. The van der Waals surface area contributed by atoms with Gasteiger partial charge in [-0.15, -0.1) is 0 Å². The van der Waals surface area contributed by atoms with E-state index in [1.54, 1.807) is 6.20 Å². The Bertz CT molecular complexity index is 632. The number of nitrogens with zero attached hydrogens (tertiary/aromatic N) is 3. The van der Waals surface area contributed by atoms with Crippen molar-refractivity contribution in [2.45, 2.75) is 18.9 Å². The monoisotopic (exact) mass is 309 g/mol. The van der Waals surface area contributed by atoms with Gasteiger partial charge in [0.2, 0.25) is 15.9 Å². The van der Waals surface area contributed by atoms with Gasteiger partial charge in [0, 0.05) is 37.6 Å². The molecule has 2 atom stereocenters. The maximum absolute atomic E-state index is 12.4. The average molecular weight is 309 g/mol. The molecule has 0 spiro atoms. The smallest absolute Gasteiger partial charge is 0.228 e. The summed E-state index contributed by atoms with van der Waals surface area (Å²) in [5, 5.41) is 0. The summed E-state index contributed by atoms with van der Waals surface area (Å²) in [5.41, 5.74) is 0.754. The van der Waals surface area contributed by atoms with Gasteiger partial charge in [-0.2, -0.15) is 4.31 Å². The fourth-order valence-corrected chi connectivity index (χ4v) is 4.15. The molecule has 2 fully saturated rings. The van der Waals surface area contributed by atoms with Gasteiger partial charge in [-0.05, 0) is 24.5 Å². The van der Waals surface area contributed by atoms with E-state index in [9.17, 15) is 13.2 Å². The van der Waals surface area contributed by atoms with Crippen molar-refractivity contribution in [1.82, 2.24) is 14.2 Å². The third-order valence-corrected chi connectivity index (χ3v) is 5.60. The molecule has 114 valence electrons. The molecule has 3 rings (SSSR count). The molecule has 2 aliphatic heterocycles. The third kappa shape index (κ3) is 2.94. The Morgan fingerprint density at radius 3 is 2.86 bits per heavy atom. The van der Waals surface area contributed by atoms with Crippen LogP contribution in [-0.4, -0.2) is 60.4 Å². The van der Waals surface area contributed by atoms with Gasteiger partial charge in [0.15, 0.2) is 0 Å². The largest absolute Gasteiger partial charge is 0.338 e. The fourth-order valence-electron chi connectivity index (χ4n) is 3.26. The van der Waals surface area contributed by atoms with E-state index in [0.717, 1.165) is 18.7 Å². The number of hydrogen-bond donors (Lipinski definition) is 0. The van der Waals surface area contributed by atoms with Crippen LogP contribution in [0, 0.1) is 5.92 Å². The molecule has 1 amide bonds. The van der Waals surface area contributed by atoms with Gasteiger partial charge in [-0.25, -0.2) is 8.42 Å². The summed E-state index contributed by atoms with van der Waals surface area (Å²) >= 11 is 0. The van der Waals surface area contributed by atoms with Crippen molar-refractivity contribution < 1.29 is 13.2 Å². The normalized spacial score (nSPS) is 26.0. The van der Waals surface area contributed by atoms with Crippen molar-refractivity contribution in [3.05, 3.63) is 30.1 Å². The van der Waals surface area contributed by atoms with Crippen molar-refractivity contribution in [3.8, 4) is 0 Å². The summed E-state index contributed by atoms with van der Waals surface area (Å²) in [5.74, 6) is 0.309. The maximum Gasteiger partial charge on any atom is 0.228 e. The second-order valence-electron chi connectivity index (χ2n) is 5.78. The number of amides is 1. The van der Waals surface area contributed by atoms with Crippen LogP contribution in [0.2, 0.25) is 0 Å². The summed E-state index contributed by atoms with van der Waals surface area (Å²) in [6.07, 6.45) is 4.07. The van der Waals surface area contributed by atoms with E-state index in [-0.39, 0.29) is 24.3 Å². The number of hydrogen-bond acceptors (Lipinski definition) is 4. The van der Waals surface area contributed by atoms with Crippen LogP contribution in [-0.2, 0) is 21.2 Å². The number of likely N-dealkylation sites (tertiary alicyclic amines) is 1. The minimum atomic E-state index is -3.17. The molecule has 6 nitrogen and oxygen atoms in total. The third-order valence-electron chi connectivity index (χ3n) is 4.36. The molecule has 2 unspecified atom stereocenters. The number of pyridine rings is 1. The number of carbonyl (C=O) groups excluding carboxylic acids is 1. The Hall–Kier alpha value is -1.47. The highest BCUT2D eigenvalue weighted by molar-refractivity contribution is 7.88. The molecular formula is C14H19N3O3S. The maximum atomic E-state index is 12.4. The van der Waals surface area contributed by atoms with E-state index in [0.29, 0.717) is 13.1 Å². The quantitative estimate of drug-likeness (QED) is 0.795. The van der Waals surface area contributed by atoms with Crippen molar-refractivity contribution in [2.75, 3.05) is 25.9 Å². The van der Waals surface area contributed by atoms with Gasteiger partial charge in [-0.1, -0.05) is 6.07 Å². The molecule has 1 aromatic rings. The second-order valence-corrected chi connectivity index (χ2v) is 7.76. The zero-order chi connectivity index (χ0) is 15.0. The van der Waals surface area contributed by atoms with Crippen molar-refractivity contribution >= 4 is 15.9 Å². The summed E-state index contributed by atoms with van der Waals surface area (Å²) in [6.45, 7) is 1.69.